The van der Waals surface area contributed by atoms with Crippen molar-refractivity contribution in [1.82, 2.24) is 19.3 Å². The Morgan fingerprint density at radius 3 is 2.65 bits per heavy atom. The summed E-state index contributed by atoms with van der Waals surface area (Å²) in [4.78, 5) is 28.1. The van der Waals surface area contributed by atoms with Gasteiger partial charge in [-0.15, -0.1) is 0 Å². The molecule has 1 aliphatic carbocycles. The van der Waals surface area contributed by atoms with Crippen molar-refractivity contribution in [3.05, 3.63) is 50.9 Å². The van der Waals surface area contributed by atoms with Gasteiger partial charge in [-0.2, -0.15) is 5.10 Å². The molecule has 2 aromatic rings. The van der Waals surface area contributed by atoms with Gasteiger partial charge in [0, 0.05) is 31.5 Å². The lowest BCUT2D eigenvalue weighted by Gasteiger charge is -2.29. The predicted molar refractivity (Wildman–Crippen MR) is 87.6 cm³/mol. The summed E-state index contributed by atoms with van der Waals surface area (Å²) < 4.78 is 3.11. The van der Waals surface area contributed by atoms with Gasteiger partial charge in [-0.3, -0.25) is 9.59 Å². The number of aryl methyl sites for hydroxylation is 2. The molecule has 0 aliphatic heterocycles. The average molecular weight is 315 g/mol. The number of rotatable bonds is 3. The van der Waals surface area contributed by atoms with Gasteiger partial charge in [0.2, 0.25) is 0 Å². The molecule has 0 saturated heterocycles. The Labute approximate surface area is 134 Å². The largest absolute Gasteiger partial charge is 0.363 e. The van der Waals surface area contributed by atoms with Crippen molar-refractivity contribution in [3.63, 3.8) is 0 Å². The summed E-state index contributed by atoms with van der Waals surface area (Å²) in [6.45, 7) is 1.89. The van der Waals surface area contributed by atoms with Gasteiger partial charge >= 0.3 is 0 Å². The third-order valence-corrected chi connectivity index (χ3v) is 4.36. The molecular formula is C16H21N5O2. The van der Waals surface area contributed by atoms with E-state index in [0.717, 1.165) is 31.4 Å². The SMILES string of the molecule is Cc1ccc(=O)n(C2CCC(Nc3nccn(C)c3=O)CC2)n1. The Hall–Kier alpha value is -2.44. The fourth-order valence-electron chi connectivity index (χ4n) is 3.04. The van der Waals surface area contributed by atoms with Crippen molar-refractivity contribution in [2.24, 2.45) is 7.05 Å². The summed E-state index contributed by atoms with van der Waals surface area (Å²) in [5.74, 6) is 0.393. The van der Waals surface area contributed by atoms with E-state index in [4.69, 9.17) is 0 Å². The molecule has 0 unspecified atom stereocenters. The van der Waals surface area contributed by atoms with Gasteiger partial charge in [0.05, 0.1) is 11.7 Å². The van der Waals surface area contributed by atoms with Crippen LogP contribution in [0.25, 0.3) is 0 Å². The van der Waals surface area contributed by atoms with Gasteiger partial charge in [-0.1, -0.05) is 0 Å². The van der Waals surface area contributed by atoms with E-state index >= 15 is 0 Å². The number of hydrogen-bond acceptors (Lipinski definition) is 5. The summed E-state index contributed by atoms with van der Waals surface area (Å²) in [6, 6.07) is 3.65. The van der Waals surface area contributed by atoms with E-state index in [2.05, 4.69) is 15.4 Å². The minimum Gasteiger partial charge on any atom is -0.363 e. The Morgan fingerprint density at radius 2 is 1.91 bits per heavy atom. The standard InChI is InChI=1S/C16H21N5O2/c1-11-3-8-14(22)21(19-11)13-6-4-12(5-7-13)18-15-16(23)20(2)10-9-17-15/h3,8-10,12-13H,4-7H2,1-2H3,(H,17,18). The molecule has 0 bridgehead atoms. The predicted octanol–water partition coefficient (Wildman–Crippen LogP) is 1.24. The topological polar surface area (TPSA) is 81.8 Å². The van der Waals surface area contributed by atoms with Crippen molar-refractivity contribution in [1.29, 1.82) is 0 Å². The van der Waals surface area contributed by atoms with Gasteiger partial charge in [-0.25, -0.2) is 9.67 Å². The number of hydrogen-bond donors (Lipinski definition) is 1. The molecule has 23 heavy (non-hydrogen) atoms. The molecule has 122 valence electrons. The van der Waals surface area contributed by atoms with Crippen molar-refractivity contribution in [2.45, 2.75) is 44.7 Å². The van der Waals surface area contributed by atoms with Gasteiger partial charge in [0.1, 0.15) is 0 Å². The molecule has 1 N–H and O–H groups in total. The molecule has 3 rings (SSSR count). The van der Waals surface area contributed by atoms with Crippen molar-refractivity contribution < 1.29 is 0 Å². The minimum atomic E-state index is -0.119. The highest BCUT2D eigenvalue weighted by Crippen LogP contribution is 2.28. The van der Waals surface area contributed by atoms with Gasteiger partial charge < -0.3 is 9.88 Å². The van der Waals surface area contributed by atoms with Crippen LogP contribution in [0.4, 0.5) is 5.82 Å². The lowest BCUT2D eigenvalue weighted by atomic mass is 9.91. The van der Waals surface area contributed by atoms with E-state index in [1.54, 1.807) is 36.3 Å². The first-order valence-electron chi connectivity index (χ1n) is 7.89. The molecule has 7 heteroatoms. The van der Waals surface area contributed by atoms with Crippen LogP contribution in [0.15, 0.2) is 34.1 Å². The van der Waals surface area contributed by atoms with E-state index < -0.39 is 0 Å². The minimum absolute atomic E-state index is 0.0504. The van der Waals surface area contributed by atoms with Crippen LogP contribution in [0, 0.1) is 6.92 Å². The van der Waals surface area contributed by atoms with E-state index in [-0.39, 0.29) is 23.2 Å². The first-order chi connectivity index (χ1) is 11.0. The van der Waals surface area contributed by atoms with Crippen LogP contribution < -0.4 is 16.4 Å². The lowest BCUT2D eigenvalue weighted by molar-refractivity contribution is 0.302. The fourth-order valence-corrected chi connectivity index (χ4v) is 3.04. The second-order valence-electron chi connectivity index (χ2n) is 6.10. The van der Waals surface area contributed by atoms with Crippen LogP contribution in [-0.2, 0) is 7.05 Å². The summed E-state index contributed by atoms with van der Waals surface area (Å²) in [5, 5.41) is 7.58. The molecule has 1 saturated carbocycles. The molecular weight excluding hydrogens is 294 g/mol. The van der Waals surface area contributed by atoms with Gasteiger partial charge in [0.15, 0.2) is 5.82 Å². The summed E-state index contributed by atoms with van der Waals surface area (Å²) in [6.07, 6.45) is 6.74. The molecule has 0 radical (unpaired) electrons. The van der Waals surface area contributed by atoms with E-state index in [1.807, 2.05) is 6.92 Å². The Balaban J connectivity index is 1.67. The molecule has 0 aromatic carbocycles. The highest BCUT2D eigenvalue weighted by atomic mass is 16.1. The van der Waals surface area contributed by atoms with Gasteiger partial charge in [0.25, 0.3) is 11.1 Å². The third-order valence-electron chi connectivity index (χ3n) is 4.36. The number of anilines is 1. The Bertz CT molecular complexity index is 803. The number of nitrogens with one attached hydrogen (secondary N) is 1. The molecule has 0 spiro atoms. The average Bonchev–Trinajstić information content (AvgIpc) is 2.55. The zero-order valence-electron chi connectivity index (χ0n) is 13.4. The van der Waals surface area contributed by atoms with Crippen molar-refractivity contribution >= 4 is 5.82 Å². The summed E-state index contributed by atoms with van der Waals surface area (Å²) in [7, 11) is 1.71. The van der Waals surface area contributed by atoms with Crippen molar-refractivity contribution in [3.8, 4) is 0 Å². The molecule has 1 fully saturated rings. The van der Waals surface area contributed by atoms with Crippen LogP contribution in [0.1, 0.15) is 37.4 Å². The fraction of sp³-hybridized carbons (Fsp3) is 0.500. The van der Waals surface area contributed by atoms with Crippen LogP contribution >= 0.6 is 0 Å². The Kier molecular flexibility index (Phi) is 4.27. The molecule has 0 amide bonds. The zero-order chi connectivity index (χ0) is 16.4. The smallest absolute Gasteiger partial charge is 0.293 e. The van der Waals surface area contributed by atoms with E-state index in [0.29, 0.717) is 5.82 Å². The monoisotopic (exact) mass is 315 g/mol. The van der Waals surface area contributed by atoms with Crippen LogP contribution in [0.2, 0.25) is 0 Å². The van der Waals surface area contributed by atoms with Crippen LogP contribution in [0.5, 0.6) is 0 Å². The first-order valence-corrected chi connectivity index (χ1v) is 7.89. The maximum absolute atomic E-state index is 12.0. The van der Waals surface area contributed by atoms with E-state index in [9.17, 15) is 9.59 Å². The highest BCUT2D eigenvalue weighted by Gasteiger charge is 2.24. The number of nitrogens with zero attached hydrogens (tertiary/aromatic N) is 4. The lowest BCUT2D eigenvalue weighted by Crippen LogP contribution is -2.35. The van der Waals surface area contributed by atoms with Gasteiger partial charge in [-0.05, 0) is 38.7 Å². The highest BCUT2D eigenvalue weighted by molar-refractivity contribution is 5.32. The summed E-state index contributed by atoms with van der Waals surface area (Å²) >= 11 is 0. The molecule has 7 nitrogen and oxygen atoms in total. The maximum atomic E-state index is 12.0. The molecule has 2 heterocycles. The van der Waals surface area contributed by atoms with Crippen LogP contribution in [-0.4, -0.2) is 25.4 Å². The zero-order valence-corrected chi connectivity index (χ0v) is 13.4. The summed E-state index contributed by atoms with van der Waals surface area (Å²) in [5.41, 5.74) is 0.679. The quantitative estimate of drug-likeness (QED) is 0.921. The molecule has 2 aromatic heterocycles. The normalized spacial score (nSPS) is 21.1. The Morgan fingerprint density at radius 1 is 1.17 bits per heavy atom. The van der Waals surface area contributed by atoms with Crippen molar-refractivity contribution in [2.75, 3.05) is 5.32 Å². The second kappa shape index (κ2) is 6.36. The third kappa shape index (κ3) is 3.33. The number of aromatic nitrogens is 4. The second-order valence-corrected chi connectivity index (χ2v) is 6.10. The van der Waals surface area contributed by atoms with E-state index in [1.165, 1.54) is 4.57 Å². The maximum Gasteiger partial charge on any atom is 0.293 e. The molecule has 0 atom stereocenters. The first kappa shape index (κ1) is 15.5. The molecule has 1 aliphatic rings. The van der Waals surface area contributed by atoms with Crippen LogP contribution in [0.3, 0.4) is 0 Å².